The Hall–Kier alpha value is -2.57. The lowest BCUT2D eigenvalue weighted by atomic mass is 10.2. The Labute approximate surface area is 116 Å². The quantitative estimate of drug-likeness (QED) is 0.874. The van der Waals surface area contributed by atoms with E-state index in [0.717, 1.165) is 0 Å². The molecule has 1 amide bonds. The van der Waals surface area contributed by atoms with Crippen LogP contribution in [0.25, 0.3) is 0 Å². The number of methoxy groups -OCH3 is 1. The number of hydrogen-bond donors (Lipinski definition) is 2. The first-order valence-electron chi connectivity index (χ1n) is 6.19. The molecule has 2 rings (SSSR count). The first-order chi connectivity index (χ1) is 9.56. The molecule has 0 spiro atoms. The van der Waals surface area contributed by atoms with Crippen molar-refractivity contribution in [3.8, 4) is 5.88 Å². The summed E-state index contributed by atoms with van der Waals surface area (Å²) in [6, 6.07) is 3.37. The molecule has 0 aliphatic heterocycles. The van der Waals surface area contributed by atoms with Gasteiger partial charge in [-0.15, -0.1) is 0 Å². The standard InChI is InChI=1S/C13H17N5O2/c1-4-9-11(14)12(18(2)17-9)13(19)16-8-5-6-10(20-3)15-7-8/h5-7H,4,14H2,1-3H3,(H,16,19). The molecule has 0 unspecified atom stereocenters. The van der Waals surface area contributed by atoms with Crippen molar-refractivity contribution >= 4 is 17.3 Å². The molecule has 2 aromatic rings. The van der Waals surface area contributed by atoms with Crippen LogP contribution in [0.15, 0.2) is 18.3 Å². The maximum atomic E-state index is 12.2. The summed E-state index contributed by atoms with van der Waals surface area (Å²) in [6.45, 7) is 1.94. The van der Waals surface area contributed by atoms with Gasteiger partial charge in [0.05, 0.1) is 30.4 Å². The maximum Gasteiger partial charge on any atom is 0.276 e. The number of carbonyl (C=O) groups excluding carboxylic acids is 1. The normalized spacial score (nSPS) is 10.3. The molecule has 0 saturated carbocycles. The summed E-state index contributed by atoms with van der Waals surface area (Å²) in [6.07, 6.45) is 2.20. The van der Waals surface area contributed by atoms with E-state index in [2.05, 4.69) is 15.4 Å². The molecule has 2 heterocycles. The van der Waals surface area contributed by atoms with E-state index >= 15 is 0 Å². The Kier molecular flexibility index (Phi) is 3.88. The lowest BCUT2D eigenvalue weighted by molar-refractivity contribution is 0.101. The number of amides is 1. The van der Waals surface area contributed by atoms with Crippen LogP contribution in [0, 0.1) is 0 Å². The summed E-state index contributed by atoms with van der Waals surface area (Å²) in [4.78, 5) is 16.2. The van der Waals surface area contributed by atoms with Gasteiger partial charge in [0.15, 0.2) is 0 Å². The van der Waals surface area contributed by atoms with Gasteiger partial charge in [0.1, 0.15) is 5.69 Å². The van der Waals surface area contributed by atoms with Gasteiger partial charge < -0.3 is 15.8 Å². The van der Waals surface area contributed by atoms with Gasteiger partial charge >= 0.3 is 0 Å². The van der Waals surface area contributed by atoms with Crippen LogP contribution in [-0.4, -0.2) is 27.8 Å². The number of hydrogen-bond acceptors (Lipinski definition) is 5. The molecule has 0 aliphatic rings. The SMILES string of the molecule is CCc1nn(C)c(C(=O)Nc2ccc(OC)nc2)c1N. The van der Waals surface area contributed by atoms with Gasteiger partial charge in [-0.3, -0.25) is 9.48 Å². The number of carbonyl (C=O) groups is 1. The van der Waals surface area contributed by atoms with E-state index in [1.54, 1.807) is 19.2 Å². The average Bonchev–Trinajstić information content (AvgIpc) is 2.74. The van der Waals surface area contributed by atoms with Crippen LogP contribution in [0.2, 0.25) is 0 Å². The Morgan fingerprint density at radius 1 is 1.50 bits per heavy atom. The largest absolute Gasteiger partial charge is 0.481 e. The van der Waals surface area contributed by atoms with Crippen molar-refractivity contribution in [3.05, 3.63) is 29.7 Å². The van der Waals surface area contributed by atoms with Crippen molar-refractivity contribution in [1.82, 2.24) is 14.8 Å². The molecule has 2 aromatic heterocycles. The van der Waals surface area contributed by atoms with Gasteiger partial charge in [0.25, 0.3) is 5.91 Å². The first kappa shape index (κ1) is 13.9. The van der Waals surface area contributed by atoms with Gasteiger partial charge in [-0.1, -0.05) is 6.92 Å². The molecule has 0 radical (unpaired) electrons. The molecular weight excluding hydrogens is 258 g/mol. The molecule has 3 N–H and O–H groups in total. The number of anilines is 2. The molecule has 7 heteroatoms. The second kappa shape index (κ2) is 5.60. The molecule has 7 nitrogen and oxygen atoms in total. The molecule has 20 heavy (non-hydrogen) atoms. The molecule has 0 aliphatic carbocycles. The van der Waals surface area contributed by atoms with Gasteiger partial charge in [-0.25, -0.2) is 4.98 Å². The lowest BCUT2D eigenvalue weighted by Crippen LogP contribution is -2.17. The topological polar surface area (TPSA) is 95.1 Å². The van der Waals surface area contributed by atoms with E-state index in [1.165, 1.54) is 18.0 Å². The van der Waals surface area contributed by atoms with E-state index in [0.29, 0.717) is 35.1 Å². The number of nitrogens with zero attached hydrogens (tertiary/aromatic N) is 3. The van der Waals surface area contributed by atoms with Crippen molar-refractivity contribution < 1.29 is 9.53 Å². The highest BCUT2D eigenvalue weighted by molar-refractivity contribution is 6.06. The smallest absolute Gasteiger partial charge is 0.276 e. The highest BCUT2D eigenvalue weighted by atomic mass is 16.5. The van der Waals surface area contributed by atoms with Crippen molar-refractivity contribution in [2.24, 2.45) is 7.05 Å². The van der Waals surface area contributed by atoms with Crippen LogP contribution < -0.4 is 15.8 Å². The third-order valence-electron chi connectivity index (χ3n) is 2.91. The molecule has 106 valence electrons. The monoisotopic (exact) mass is 275 g/mol. The Morgan fingerprint density at radius 2 is 2.25 bits per heavy atom. The minimum atomic E-state index is -0.316. The summed E-state index contributed by atoms with van der Waals surface area (Å²) in [5.74, 6) is 0.167. The number of nitrogen functional groups attached to an aromatic ring is 1. The van der Waals surface area contributed by atoms with E-state index in [-0.39, 0.29) is 5.91 Å². The second-order valence-electron chi connectivity index (χ2n) is 4.23. The van der Waals surface area contributed by atoms with Crippen molar-refractivity contribution in [2.45, 2.75) is 13.3 Å². The van der Waals surface area contributed by atoms with Crippen LogP contribution in [0.1, 0.15) is 23.1 Å². The highest BCUT2D eigenvalue weighted by Crippen LogP contribution is 2.19. The third-order valence-corrected chi connectivity index (χ3v) is 2.91. The average molecular weight is 275 g/mol. The Bertz CT molecular complexity index is 618. The van der Waals surface area contributed by atoms with Gasteiger partial charge in [0, 0.05) is 13.1 Å². The van der Waals surface area contributed by atoms with E-state index in [1.807, 2.05) is 6.92 Å². The molecular formula is C13H17N5O2. The molecule has 0 atom stereocenters. The Balaban J connectivity index is 2.21. The Morgan fingerprint density at radius 3 is 2.75 bits per heavy atom. The third kappa shape index (κ3) is 2.56. The molecule has 0 bridgehead atoms. The molecule has 0 aromatic carbocycles. The number of aryl methyl sites for hydroxylation is 2. The number of nitrogens with one attached hydrogen (secondary N) is 1. The van der Waals surface area contributed by atoms with Crippen molar-refractivity contribution in [3.63, 3.8) is 0 Å². The number of aromatic nitrogens is 3. The van der Waals surface area contributed by atoms with Crippen LogP contribution in [0.4, 0.5) is 11.4 Å². The molecule has 0 fully saturated rings. The second-order valence-corrected chi connectivity index (χ2v) is 4.23. The number of ether oxygens (including phenoxy) is 1. The highest BCUT2D eigenvalue weighted by Gasteiger charge is 2.19. The van der Waals surface area contributed by atoms with Gasteiger partial charge in [0.2, 0.25) is 5.88 Å². The predicted octanol–water partition coefficient (Wildman–Crippen LogP) is 1.22. The molecule has 0 saturated heterocycles. The van der Waals surface area contributed by atoms with Crippen LogP contribution in [-0.2, 0) is 13.5 Å². The van der Waals surface area contributed by atoms with Crippen molar-refractivity contribution in [1.29, 1.82) is 0 Å². The fraction of sp³-hybridized carbons (Fsp3) is 0.308. The zero-order valence-corrected chi connectivity index (χ0v) is 11.7. The number of rotatable bonds is 4. The summed E-state index contributed by atoms with van der Waals surface area (Å²) >= 11 is 0. The van der Waals surface area contributed by atoms with Gasteiger partial charge in [-0.2, -0.15) is 5.10 Å². The van der Waals surface area contributed by atoms with E-state index in [9.17, 15) is 4.79 Å². The number of nitrogens with two attached hydrogens (primary N) is 1. The van der Waals surface area contributed by atoms with Crippen molar-refractivity contribution in [2.75, 3.05) is 18.2 Å². The fourth-order valence-corrected chi connectivity index (χ4v) is 1.89. The summed E-state index contributed by atoms with van der Waals surface area (Å²) in [7, 11) is 3.22. The lowest BCUT2D eigenvalue weighted by Gasteiger charge is -2.06. The fourth-order valence-electron chi connectivity index (χ4n) is 1.89. The summed E-state index contributed by atoms with van der Waals surface area (Å²) in [5, 5.41) is 6.94. The van der Waals surface area contributed by atoms with E-state index in [4.69, 9.17) is 10.5 Å². The summed E-state index contributed by atoms with van der Waals surface area (Å²) in [5.41, 5.74) is 7.97. The first-order valence-corrected chi connectivity index (χ1v) is 6.19. The maximum absolute atomic E-state index is 12.2. The zero-order valence-electron chi connectivity index (χ0n) is 11.7. The van der Waals surface area contributed by atoms with Crippen LogP contribution >= 0.6 is 0 Å². The predicted molar refractivity (Wildman–Crippen MR) is 75.7 cm³/mol. The van der Waals surface area contributed by atoms with Crippen LogP contribution in [0.5, 0.6) is 5.88 Å². The minimum Gasteiger partial charge on any atom is -0.481 e. The van der Waals surface area contributed by atoms with Gasteiger partial charge in [-0.05, 0) is 12.5 Å². The van der Waals surface area contributed by atoms with E-state index < -0.39 is 0 Å². The van der Waals surface area contributed by atoms with Crippen LogP contribution in [0.3, 0.4) is 0 Å². The minimum absolute atomic E-state index is 0.316. The zero-order chi connectivity index (χ0) is 14.7. The summed E-state index contributed by atoms with van der Waals surface area (Å²) < 4.78 is 6.44. The number of pyridine rings is 1.